The minimum atomic E-state index is -4.39. The van der Waals surface area contributed by atoms with Crippen LogP contribution in [0.4, 0.5) is 28.0 Å². The first kappa shape index (κ1) is 17.6. The topological polar surface area (TPSA) is 50.4 Å². The van der Waals surface area contributed by atoms with Gasteiger partial charge in [0.1, 0.15) is 11.6 Å². The SMILES string of the molecule is O=C(NCc1ccc(OCC(F)(F)F)cc1)Nc1ccc(F)cc1. The van der Waals surface area contributed by atoms with E-state index in [4.69, 9.17) is 0 Å². The quantitative estimate of drug-likeness (QED) is 0.804. The first-order valence-electron chi connectivity index (χ1n) is 6.91. The van der Waals surface area contributed by atoms with Crippen molar-refractivity contribution in [2.45, 2.75) is 12.7 Å². The smallest absolute Gasteiger partial charge is 0.422 e. The summed E-state index contributed by atoms with van der Waals surface area (Å²) >= 11 is 0. The summed E-state index contributed by atoms with van der Waals surface area (Å²) in [6, 6.07) is 10.7. The lowest BCUT2D eigenvalue weighted by Crippen LogP contribution is -2.28. The second-order valence-electron chi connectivity index (χ2n) is 4.86. The summed E-state index contributed by atoms with van der Waals surface area (Å²) in [5, 5.41) is 5.09. The number of hydrogen-bond acceptors (Lipinski definition) is 2. The van der Waals surface area contributed by atoms with Gasteiger partial charge < -0.3 is 15.4 Å². The normalized spacial score (nSPS) is 11.0. The van der Waals surface area contributed by atoms with Crippen LogP contribution in [0.2, 0.25) is 0 Å². The number of rotatable bonds is 5. The predicted octanol–water partition coefficient (Wildman–Crippen LogP) is 4.09. The summed E-state index contributed by atoms with van der Waals surface area (Å²) in [5.74, 6) is -0.319. The minimum absolute atomic E-state index is 0.0897. The summed E-state index contributed by atoms with van der Waals surface area (Å²) in [7, 11) is 0. The highest BCUT2D eigenvalue weighted by molar-refractivity contribution is 5.89. The van der Waals surface area contributed by atoms with Crippen molar-refractivity contribution in [3.63, 3.8) is 0 Å². The molecule has 0 heterocycles. The van der Waals surface area contributed by atoms with Crippen molar-refractivity contribution in [2.75, 3.05) is 11.9 Å². The van der Waals surface area contributed by atoms with Gasteiger partial charge in [-0.3, -0.25) is 0 Å². The number of alkyl halides is 3. The Balaban J connectivity index is 1.79. The molecule has 0 saturated heterocycles. The third-order valence-electron chi connectivity index (χ3n) is 2.88. The fourth-order valence-corrected chi connectivity index (χ4v) is 1.76. The largest absolute Gasteiger partial charge is 0.484 e. The second kappa shape index (κ2) is 7.67. The monoisotopic (exact) mass is 342 g/mol. The van der Waals surface area contributed by atoms with Gasteiger partial charge in [0.05, 0.1) is 0 Å². The van der Waals surface area contributed by atoms with Crippen LogP contribution in [0.1, 0.15) is 5.56 Å². The van der Waals surface area contributed by atoms with Crippen LogP contribution in [0.5, 0.6) is 5.75 Å². The van der Waals surface area contributed by atoms with E-state index in [9.17, 15) is 22.4 Å². The zero-order valence-corrected chi connectivity index (χ0v) is 12.4. The highest BCUT2D eigenvalue weighted by Gasteiger charge is 2.28. The van der Waals surface area contributed by atoms with Crippen LogP contribution in [0.15, 0.2) is 48.5 Å². The maximum absolute atomic E-state index is 12.7. The third kappa shape index (κ3) is 6.15. The van der Waals surface area contributed by atoms with E-state index < -0.39 is 24.6 Å². The zero-order valence-electron chi connectivity index (χ0n) is 12.4. The number of benzene rings is 2. The Bertz CT molecular complexity index is 670. The van der Waals surface area contributed by atoms with Crippen LogP contribution in [-0.2, 0) is 6.54 Å². The van der Waals surface area contributed by atoms with E-state index >= 15 is 0 Å². The molecule has 0 radical (unpaired) electrons. The van der Waals surface area contributed by atoms with E-state index in [1.807, 2.05) is 0 Å². The number of carbonyl (C=O) groups excluding carboxylic acids is 1. The molecular formula is C16H14F4N2O2. The van der Waals surface area contributed by atoms with Crippen molar-refractivity contribution in [1.82, 2.24) is 5.32 Å². The summed E-state index contributed by atoms with van der Waals surface area (Å²) in [5.41, 5.74) is 1.12. The molecule has 0 aliphatic carbocycles. The molecule has 0 aliphatic rings. The summed E-state index contributed by atoms with van der Waals surface area (Å²) in [4.78, 5) is 11.7. The molecule has 8 heteroatoms. The van der Waals surface area contributed by atoms with Crippen molar-refractivity contribution < 1.29 is 27.1 Å². The molecule has 2 aromatic rings. The average molecular weight is 342 g/mol. The van der Waals surface area contributed by atoms with Crippen LogP contribution in [0, 0.1) is 5.82 Å². The van der Waals surface area contributed by atoms with Gasteiger partial charge in [0.2, 0.25) is 0 Å². The number of hydrogen-bond donors (Lipinski definition) is 2. The second-order valence-corrected chi connectivity index (χ2v) is 4.86. The van der Waals surface area contributed by atoms with Crippen molar-refractivity contribution in [2.24, 2.45) is 0 Å². The standard InChI is InChI=1S/C16H14F4N2O2/c17-12-3-5-13(6-4-12)22-15(23)21-9-11-1-7-14(8-2-11)24-10-16(18,19)20/h1-8H,9-10H2,(H2,21,22,23). The van der Waals surface area contributed by atoms with Gasteiger partial charge in [0.15, 0.2) is 6.61 Å². The maximum atomic E-state index is 12.7. The Kier molecular flexibility index (Phi) is 5.62. The first-order valence-corrected chi connectivity index (χ1v) is 6.91. The number of halogens is 4. The Morgan fingerprint density at radius 3 is 2.21 bits per heavy atom. The highest BCUT2D eigenvalue weighted by atomic mass is 19.4. The minimum Gasteiger partial charge on any atom is -0.484 e. The molecule has 2 aromatic carbocycles. The molecule has 0 unspecified atom stereocenters. The lowest BCUT2D eigenvalue weighted by Gasteiger charge is -2.10. The Morgan fingerprint density at radius 2 is 1.62 bits per heavy atom. The van der Waals surface area contributed by atoms with E-state index in [1.54, 1.807) is 12.1 Å². The van der Waals surface area contributed by atoms with Gasteiger partial charge in [-0.15, -0.1) is 0 Å². The molecule has 0 atom stereocenters. The van der Waals surface area contributed by atoms with E-state index in [0.717, 1.165) is 0 Å². The lowest BCUT2D eigenvalue weighted by molar-refractivity contribution is -0.153. The van der Waals surface area contributed by atoms with Crippen LogP contribution in [0.3, 0.4) is 0 Å². The Hall–Kier alpha value is -2.77. The molecule has 2 rings (SSSR count). The summed E-state index contributed by atoms with van der Waals surface area (Å²) in [6.45, 7) is -1.18. The van der Waals surface area contributed by atoms with Gasteiger partial charge in [0, 0.05) is 12.2 Å². The number of nitrogens with one attached hydrogen (secondary N) is 2. The molecule has 0 bridgehead atoms. The molecule has 0 fully saturated rings. The van der Waals surface area contributed by atoms with E-state index in [2.05, 4.69) is 15.4 Å². The molecule has 4 nitrogen and oxygen atoms in total. The molecule has 24 heavy (non-hydrogen) atoms. The van der Waals surface area contributed by atoms with Gasteiger partial charge in [-0.05, 0) is 42.0 Å². The zero-order chi connectivity index (χ0) is 17.6. The van der Waals surface area contributed by atoms with Crippen LogP contribution >= 0.6 is 0 Å². The van der Waals surface area contributed by atoms with Crippen molar-refractivity contribution in [3.05, 3.63) is 59.9 Å². The fraction of sp³-hybridized carbons (Fsp3) is 0.188. The molecule has 0 saturated carbocycles. The van der Waals surface area contributed by atoms with Crippen molar-refractivity contribution in [3.8, 4) is 5.75 Å². The van der Waals surface area contributed by atoms with Gasteiger partial charge in [0.25, 0.3) is 0 Å². The molecule has 0 spiro atoms. The van der Waals surface area contributed by atoms with E-state index in [-0.39, 0.29) is 12.3 Å². The highest BCUT2D eigenvalue weighted by Crippen LogP contribution is 2.18. The number of carbonyl (C=O) groups is 1. The number of ether oxygens (including phenoxy) is 1. The van der Waals surface area contributed by atoms with Crippen LogP contribution in [-0.4, -0.2) is 18.8 Å². The van der Waals surface area contributed by atoms with Gasteiger partial charge >= 0.3 is 12.2 Å². The van der Waals surface area contributed by atoms with E-state index in [1.165, 1.54) is 36.4 Å². The summed E-state index contributed by atoms with van der Waals surface area (Å²) < 4.78 is 53.4. The van der Waals surface area contributed by atoms with E-state index in [0.29, 0.717) is 11.3 Å². The van der Waals surface area contributed by atoms with Crippen LogP contribution in [0.25, 0.3) is 0 Å². The van der Waals surface area contributed by atoms with Crippen molar-refractivity contribution >= 4 is 11.7 Å². The van der Waals surface area contributed by atoms with Gasteiger partial charge in [-0.25, -0.2) is 9.18 Å². The van der Waals surface area contributed by atoms with Crippen molar-refractivity contribution in [1.29, 1.82) is 0 Å². The number of amides is 2. The maximum Gasteiger partial charge on any atom is 0.422 e. The fourth-order valence-electron chi connectivity index (χ4n) is 1.76. The first-order chi connectivity index (χ1) is 11.3. The lowest BCUT2D eigenvalue weighted by atomic mass is 10.2. The van der Waals surface area contributed by atoms with Gasteiger partial charge in [-0.1, -0.05) is 12.1 Å². The Labute approximate surface area is 135 Å². The summed E-state index contributed by atoms with van der Waals surface area (Å²) in [6.07, 6.45) is -4.39. The molecular weight excluding hydrogens is 328 g/mol. The number of urea groups is 1. The molecule has 2 amide bonds. The molecule has 0 aliphatic heterocycles. The molecule has 0 aromatic heterocycles. The number of anilines is 1. The Morgan fingerprint density at radius 1 is 1.00 bits per heavy atom. The molecule has 2 N–H and O–H groups in total. The third-order valence-corrected chi connectivity index (χ3v) is 2.88. The van der Waals surface area contributed by atoms with Gasteiger partial charge in [-0.2, -0.15) is 13.2 Å². The predicted molar refractivity (Wildman–Crippen MR) is 80.3 cm³/mol. The molecule has 128 valence electrons. The average Bonchev–Trinajstić information content (AvgIpc) is 2.53. The van der Waals surface area contributed by atoms with Crippen LogP contribution < -0.4 is 15.4 Å².